The van der Waals surface area contributed by atoms with Crippen molar-refractivity contribution in [3.05, 3.63) is 35.9 Å². The van der Waals surface area contributed by atoms with E-state index < -0.39 is 5.97 Å². The van der Waals surface area contributed by atoms with Crippen LogP contribution in [0.15, 0.2) is 30.3 Å². The van der Waals surface area contributed by atoms with Gasteiger partial charge in [-0.25, -0.2) is 0 Å². The van der Waals surface area contributed by atoms with Gasteiger partial charge < -0.3 is 9.64 Å². The van der Waals surface area contributed by atoms with E-state index in [2.05, 4.69) is 50.1 Å². The highest BCUT2D eigenvalue weighted by Gasteiger charge is 2.35. The molecular formula is C21H31NO3. The van der Waals surface area contributed by atoms with Gasteiger partial charge in [0.2, 0.25) is 0 Å². The Hall–Kier alpha value is -1.68. The zero-order valence-corrected chi connectivity index (χ0v) is 16.0. The minimum Gasteiger partial charge on any atom is -0.466 e. The lowest BCUT2D eigenvalue weighted by atomic mass is 9.75. The Morgan fingerprint density at radius 3 is 2.56 bits per heavy atom. The van der Waals surface area contributed by atoms with E-state index >= 15 is 0 Å². The SMILES string of the molecule is CCOC(=O)CC(=O)C1CCN(C)C(CC(C)(C)c2ccccc2)C1. The van der Waals surface area contributed by atoms with Crippen LogP contribution in [0.3, 0.4) is 0 Å². The Balaban J connectivity index is 2.00. The molecule has 0 saturated carbocycles. The Bertz CT molecular complexity index is 582. The Morgan fingerprint density at radius 2 is 1.92 bits per heavy atom. The van der Waals surface area contributed by atoms with Crippen LogP contribution in [0.1, 0.15) is 52.0 Å². The number of ether oxygens (including phenoxy) is 1. The van der Waals surface area contributed by atoms with Crippen molar-refractivity contribution in [2.24, 2.45) is 5.92 Å². The lowest BCUT2D eigenvalue weighted by molar-refractivity contribution is -0.146. The second-order valence-electron chi connectivity index (χ2n) is 7.76. The molecule has 1 aromatic rings. The van der Waals surface area contributed by atoms with E-state index in [1.165, 1.54) is 5.56 Å². The standard InChI is InChI=1S/C21H31NO3/c1-5-25-20(24)14-19(23)16-11-12-22(4)18(13-16)15-21(2,3)17-9-7-6-8-10-17/h6-10,16,18H,5,11-15H2,1-4H3. The van der Waals surface area contributed by atoms with Gasteiger partial charge in [0.25, 0.3) is 0 Å². The van der Waals surface area contributed by atoms with Crippen molar-refractivity contribution < 1.29 is 14.3 Å². The van der Waals surface area contributed by atoms with Crippen LogP contribution in [-0.4, -0.2) is 42.9 Å². The molecule has 0 radical (unpaired) electrons. The minimum absolute atomic E-state index is 0.0304. The third-order valence-corrected chi connectivity index (χ3v) is 5.39. The van der Waals surface area contributed by atoms with E-state index in [4.69, 9.17) is 4.74 Å². The molecule has 2 rings (SSSR count). The number of likely N-dealkylation sites (tertiary alicyclic amines) is 1. The quantitative estimate of drug-likeness (QED) is 0.560. The maximum absolute atomic E-state index is 12.5. The first kappa shape index (κ1) is 19.6. The number of carbonyl (C=O) groups excluding carboxylic acids is 2. The molecule has 1 aliphatic heterocycles. The summed E-state index contributed by atoms with van der Waals surface area (Å²) >= 11 is 0. The summed E-state index contributed by atoms with van der Waals surface area (Å²) in [5.74, 6) is -0.390. The summed E-state index contributed by atoms with van der Waals surface area (Å²) in [4.78, 5) is 26.4. The summed E-state index contributed by atoms with van der Waals surface area (Å²) in [6.07, 6.45) is 2.57. The summed E-state index contributed by atoms with van der Waals surface area (Å²) in [6.45, 7) is 7.52. The van der Waals surface area contributed by atoms with E-state index in [1.807, 2.05) is 6.07 Å². The van der Waals surface area contributed by atoms with Crippen LogP contribution in [-0.2, 0) is 19.7 Å². The molecule has 0 aliphatic carbocycles. The molecule has 0 N–H and O–H groups in total. The number of benzene rings is 1. The molecule has 4 nitrogen and oxygen atoms in total. The van der Waals surface area contributed by atoms with Gasteiger partial charge in [0.1, 0.15) is 12.2 Å². The molecule has 1 aromatic carbocycles. The van der Waals surface area contributed by atoms with Crippen LogP contribution >= 0.6 is 0 Å². The molecule has 1 saturated heterocycles. The Labute approximate surface area is 151 Å². The molecule has 1 aliphatic rings. The summed E-state index contributed by atoms with van der Waals surface area (Å²) in [5, 5.41) is 0. The minimum atomic E-state index is -0.396. The van der Waals surface area contributed by atoms with E-state index in [-0.39, 0.29) is 23.5 Å². The van der Waals surface area contributed by atoms with Crippen LogP contribution in [0.4, 0.5) is 0 Å². The Morgan fingerprint density at radius 1 is 1.24 bits per heavy atom. The first-order chi connectivity index (χ1) is 11.8. The fourth-order valence-electron chi connectivity index (χ4n) is 3.79. The van der Waals surface area contributed by atoms with Gasteiger partial charge in [-0.05, 0) is 50.8 Å². The zero-order valence-electron chi connectivity index (χ0n) is 16.0. The van der Waals surface area contributed by atoms with Crippen molar-refractivity contribution >= 4 is 11.8 Å². The average Bonchev–Trinajstić information content (AvgIpc) is 2.57. The highest BCUT2D eigenvalue weighted by molar-refractivity contribution is 5.96. The number of ketones is 1. The largest absolute Gasteiger partial charge is 0.466 e. The fraction of sp³-hybridized carbons (Fsp3) is 0.619. The third kappa shape index (κ3) is 5.40. The van der Waals surface area contributed by atoms with Crippen LogP contribution in [0.2, 0.25) is 0 Å². The third-order valence-electron chi connectivity index (χ3n) is 5.39. The Kier molecular flexibility index (Phi) is 6.77. The lowest BCUT2D eigenvalue weighted by Crippen LogP contribution is -2.45. The number of rotatable bonds is 7. The van der Waals surface area contributed by atoms with Crippen LogP contribution < -0.4 is 0 Å². The highest BCUT2D eigenvalue weighted by atomic mass is 16.5. The zero-order chi connectivity index (χ0) is 18.4. The number of carbonyl (C=O) groups is 2. The van der Waals surface area contributed by atoms with Crippen LogP contribution in [0, 0.1) is 5.92 Å². The summed E-state index contributed by atoms with van der Waals surface area (Å²) in [7, 11) is 2.14. The molecule has 1 fully saturated rings. The van der Waals surface area contributed by atoms with Crippen molar-refractivity contribution in [2.45, 2.75) is 57.9 Å². The fourth-order valence-corrected chi connectivity index (χ4v) is 3.79. The van der Waals surface area contributed by atoms with Crippen molar-refractivity contribution in [3.63, 3.8) is 0 Å². The monoisotopic (exact) mass is 345 g/mol. The van der Waals surface area contributed by atoms with Gasteiger partial charge >= 0.3 is 5.97 Å². The lowest BCUT2D eigenvalue weighted by Gasteiger charge is -2.40. The molecular weight excluding hydrogens is 314 g/mol. The molecule has 25 heavy (non-hydrogen) atoms. The van der Waals surface area contributed by atoms with Gasteiger partial charge in [-0.2, -0.15) is 0 Å². The van der Waals surface area contributed by atoms with E-state index in [0.29, 0.717) is 12.6 Å². The summed E-state index contributed by atoms with van der Waals surface area (Å²) < 4.78 is 4.92. The number of Topliss-reactive ketones (excluding diaryl/α,β-unsaturated/α-hetero) is 1. The van der Waals surface area contributed by atoms with Crippen LogP contribution in [0.5, 0.6) is 0 Å². The number of piperidine rings is 1. The van der Waals surface area contributed by atoms with Gasteiger partial charge in [-0.3, -0.25) is 9.59 Å². The molecule has 2 unspecified atom stereocenters. The molecule has 0 bridgehead atoms. The van der Waals surface area contributed by atoms with Crippen molar-refractivity contribution in [2.75, 3.05) is 20.2 Å². The van der Waals surface area contributed by atoms with Crippen LogP contribution in [0.25, 0.3) is 0 Å². The number of nitrogens with zero attached hydrogens (tertiary/aromatic N) is 1. The van der Waals surface area contributed by atoms with Gasteiger partial charge in [0, 0.05) is 12.0 Å². The smallest absolute Gasteiger partial charge is 0.313 e. The highest BCUT2D eigenvalue weighted by Crippen LogP contribution is 2.34. The average molecular weight is 345 g/mol. The number of esters is 1. The molecule has 0 spiro atoms. The molecule has 0 aromatic heterocycles. The summed E-state index contributed by atoms with van der Waals surface area (Å²) in [5.41, 5.74) is 1.37. The topological polar surface area (TPSA) is 46.6 Å². The van der Waals surface area contributed by atoms with Crippen molar-refractivity contribution in [1.29, 1.82) is 0 Å². The molecule has 138 valence electrons. The predicted molar refractivity (Wildman–Crippen MR) is 99.5 cm³/mol. The van der Waals surface area contributed by atoms with E-state index in [0.717, 1.165) is 25.8 Å². The second kappa shape index (κ2) is 8.61. The first-order valence-electron chi connectivity index (χ1n) is 9.27. The second-order valence-corrected chi connectivity index (χ2v) is 7.76. The molecule has 4 heteroatoms. The van der Waals surface area contributed by atoms with Gasteiger partial charge in [0.05, 0.1) is 6.61 Å². The molecule has 0 amide bonds. The van der Waals surface area contributed by atoms with E-state index in [1.54, 1.807) is 6.92 Å². The normalized spacial score (nSPS) is 21.8. The number of hydrogen-bond donors (Lipinski definition) is 0. The van der Waals surface area contributed by atoms with Crippen molar-refractivity contribution in [1.82, 2.24) is 4.90 Å². The molecule has 1 heterocycles. The van der Waals surface area contributed by atoms with Crippen molar-refractivity contribution in [3.8, 4) is 0 Å². The van der Waals surface area contributed by atoms with Gasteiger partial charge in [0.15, 0.2) is 0 Å². The predicted octanol–water partition coefficient (Wildman–Crippen LogP) is 3.59. The number of hydrogen-bond acceptors (Lipinski definition) is 4. The van der Waals surface area contributed by atoms with E-state index in [9.17, 15) is 9.59 Å². The van der Waals surface area contributed by atoms with Gasteiger partial charge in [-0.15, -0.1) is 0 Å². The first-order valence-corrected chi connectivity index (χ1v) is 9.27. The summed E-state index contributed by atoms with van der Waals surface area (Å²) in [6, 6.07) is 10.9. The van der Waals surface area contributed by atoms with Gasteiger partial charge in [-0.1, -0.05) is 44.2 Å². The maximum Gasteiger partial charge on any atom is 0.313 e. The maximum atomic E-state index is 12.5. The molecule has 2 atom stereocenters.